The van der Waals surface area contributed by atoms with E-state index in [4.69, 9.17) is 9.47 Å². The first-order valence-corrected chi connectivity index (χ1v) is 11.2. The Hall–Kier alpha value is -2.61. The molecule has 8 heteroatoms. The van der Waals surface area contributed by atoms with E-state index in [1.54, 1.807) is 16.7 Å². The molecule has 170 valence electrons. The van der Waals surface area contributed by atoms with Gasteiger partial charge in [-0.25, -0.2) is 4.79 Å². The number of benzene rings is 1. The maximum atomic E-state index is 13.7. The largest absolute Gasteiger partial charge is 0.466 e. The summed E-state index contributed by atoms with van der Waals surface area (Å²) in [5.74, 6) is -1.64. The molecule has 2 heterocycles. The average Bonchev–Trinajstić information content (AvgIpc) is 3.11. The summed E-state index contributed by atoms with van der Waals surface area (Å²) >= 11 is 0. The zero-order chi connectivity index (χ0) is 22.4. The molecular formula is C23H33N3O5. The maximum Gasteiger partial charge on any atom is 0.321 e. The van der Waals surface area contributed by atoms with Crippen LogP contribution in [0.4, 0.5) is 4.79 Å². The molecule has 2 saturated heterocycles. The number of morpholine rings is 1. The molecule has 0 spiro atoms. The fraction of sp³-hybridized carbons (Fsp3) is 0.609. The molecular weight excluding hydrogens is 398 g/mol. The normalized spacial score (nSPS) is 25.9. The average molecular weight is 432 g/mol. The maximum absolute atomic E-state index is 13.7. The Morgan fingerprint density at radius 3 is 2.42 bits per heavy atom. The van der Waals surface area contributed by atoms with Crippen molar-refractivity contribution in [3.05, 3.63) is 35.9 Å². The van der Waals surface area contributed by atoms with Crippen LogP contribution < -0.4 is 5.32 Å². The molecule has 4 atom stereocenters. The summed E-state index contributed by atoms with van der Waals surface area (Å²) in [7, 11) is 0. The lowest BCUT2D eigenvalue weighted by atomic mass is 9.85. The third-order valence-electron chi connectivity index (χ3n) is 6.02. The van der Waals surface area contributed by atoms with Crippen LogP contribution in [-0.2, 0) is 19.1 Å². The van der Waals surface area contributed by atoms with Crippen LogP contribution in [0, 0.1) is 11.8 Å². The molecule has 0 saturated carbocycles. The van der Waals surface area contributed by atoms with Crippen molar-refractivity contribution < 1.29 is 23.9 Å². The number of carbonyl (C=O) groups is 3. The van der Waals surface area contributed by atoms with E-state index >= 15 is 0 Å². The molecule has 0 aromatic heterocycles. The number of carbonyl (C=O) groups excluding carboxylic acids is 3. The van der Waals surface area contributed by atoms with Crippen LogP contribution in [0.5, 0.6) is 0 Å². The van der Waals surface area contributed by atoms with Gasteiger partial charge in [0.15, 0.2) is 0 Å². The third-order valence-corrected chi connectivity index (χ3v) is 6.02. The van der Waals surface area contributed by atoms with Gasteiger partial charge in [0.1, 0.15) is 6.04 Å². The van der Waals surface area contributed by atoms with Gasteiger partial charge in [0.05, 0.1) is 31.8 Å². The van der Waals surface area contributed by atoms with Gasteiger partial charge in [0.25, 0.3) is 0 Å². The van der Waals surface area contributed by atoms with Crippen molar-refractivity contribution in [3.8, 4) is 0 Å². The van der Waals surface area contributed by atoms with Crippen LogP contribution in [0.25, 0.3) is 0 Å². The van der Waals surface area contributed by atoms with Crippen LogP contribution in [0.3, 0.4) is 0 Å². The van der Waals surface area contributed by atoms with E-state index < -0.39 is 23.9 Å². The number of rotatable bonds is 6. The fourth-order valence-electron chi connectivity index (χ4n) is 4.56. The van der Waals surface area contributed by atoms with E-state index in [-0.39, 0.29) is 24.5 Å². The SMILES string of the molecule is CCCNC(=O)C1C(C)C(C(=O)OCC)C(c2ccccc2)N1C(=O)N1CCOCC1. The molecule has 31 heavy (non-hydrogen) atoms. The molecule has 8 nitrogen and oxygen atoms in total. The standard InChI is InChI=1S/C23H33N3O5/c1-4-11-24-21(27)19-16(3)18(22(28)31-5-2)20(17-9-7-6-8-10-17)26(19)23(29)25-12-14-30-15-13-25/h6-10,16,18-20H,4-5,11-15H2,1-3H3,(H,24,27). The van der Waals surface area contributed by atoms with Crippen LogP contribution in [0.1, 0.15) is 38.8 Å². The van der Waals surface area contributed by atoms with Crippen LogP contribution in [0.2, 0.25) is 0 Å². The van der Waals surface area contributed by atoms with Gasteiger partial charge in [0, 0.05) is 25.6 Å². The molecule has 0 bridgehead atoms. The van der Waals surface area contributed by atoms with E-state index in [9.17, 15) is 14.4 Å². The quantitative estimate of drug-likeness (QED) is 0.698. The lowest BCUT2D eigenvalue weighted by molar-refractivity contribution is -0.150. The summed E-state index contributed by atoms with van der Waals surface area (Å²) in [5.41, 5.74) is 0.819. The van der Waals surface area contributed by atoms with Crippen molar-refractivity contribution in [1.82, 2.24) is 15.1 Å². The monoisotopic (exact) mass is 431 g/mol. The number of likely N-dealkylation sites (tertiary alicyclic amines) is 1. The van der Waals surface area contributed by atoms with Crippen LogP contribution in [-0.4, -0.2) is 73.2 Å². The zero-order valence-corrected chi connectivity index (χ0v) is 18.6. The highest BCUT2D eigenvalue weighted by Crippen LogP contribution is 2.46. The van der Waals surface area contributed by atoms with Gasteiger partial charge >= 0.3 is 12.0 Å². The second-order valence-corrected chi connectivity index (χ2v) is 8.02. The Morgan fingerprint density at radius 2 is 1.81 bits per heavy atom. The molecule has 2 fully saturated rings. The van der Waals surface area contributed by atoms with Crippen molar-refractivity contribution in [3.63, 3.8) is 0 Å². The molecule has 1 aromatic carbocycles. The Morgan fingerprint density at radius 1 is 1.13 bits per heavy atom. The Balaban J connectivity index is 2.06. The van der Waals surface area contributed by atoms with Crippen molar-refractivity contribution in [2.24, 2.45) is 11.8 Å². The van der Waals surface area contributed by atoms with Crippen LogP contribution >= 0.6 is 0 Å². The lowest BCUT2D eigenvalue weighted by Crippen LogP contribution is -2.55. The second-order valence-electron chi connectivity index (χ2n) is 8.02. The minimum Gasteiger partial charge on any atom is -0.466 e. The van der Waals surface area contributed by atoms with Gasteiger partial charge in [-0.15, -0.1) is 0 Å². The molecule has 3 amide bonds. The summed E-state index contributed by atoms with van der Waals surface area (Å²) in [5, 5.41) is 2.93. The number of esters is 1. The summed E-state index contributed by atoms with van der Waals surface area (Å²) in [6.45, 7) is 8.19. The highest BCUT2D eigenvalue weighted by atomic mass is 16.5. The number of urea groups is 1. The van der Waals surface area contributed by atoms with Gasteiger partial charge < -0.3 is 24.6 Å². The van der Waals surface area contributed by atoms with E-state index in [1.807, 2.05) is 44.2 Å². The highest BCUT2D eigenvalue weighted by molar-refractivity contribution is 5.91. The number of amides is 3. The molecule has 0 radical (unpaired) electrons. The molecule has 0 aliphatic carbocycles. The molecule has 1 N–H and O–H groups in total. The van der Waals surface area contributed by atoms with Gasteiger partial charge in [-0.05, 0) is 18.9 Å². The van der Waals surface area contributed by atoms with Crippen molar-refractivity contribution in [2.75, 3.05) is 39.5 Å². The number of hydrogen-bond acceptors (Lipinski definition) is 5. The highest BCUT2D eigenvalue weighted by Gasteiger charge is 2.56. The summed E-state index contributed by atoms with van der Waals surface area (Å²) in [6.07, 6.45) is 0.785. The topological polar surface area (TPSA) is 88.2 Å². The van der Waals surface area contributed by atoms with Crippen molar-refractivity contribution >= 4 is 17.9 Å². The number of hydrogen-bond donors (Lipinski definition) is 1. The zero-order valence-electron chi connectivity index (χ0n) is 18.6. The summed E-state index contributed by atoms with van der Waals surface area (Å²) in [4.78, 5) is 43.3. The summed E-state index contributed by atoms with van der Waals surface area (Å²) < 4.78 is 10.8. The first-order valence-electron chi connectivity index (χ1n) is 11.2. The van der Waals surface area contributed by atoms with Gasteiger partial charge in [-0.3, -0.25) is 9.59 Å². The second kappa shape index (κ2) is 10.6. The van der Waals surface area contributed by atoms with Crippen molar-refractivity contribution in [2.45, 2.75) is 39.3 Å². The number of nitrogens with zero attached hydrogens (tertiary/aromatic N) is 2. The Kier molecular flexibility index (Phi) is 7.90. The first-order chi connectivity index (χ1) is 15.0. The lowest BCUT2D eigenvalue weighted by Gasteiger charge is -2.37. The van der Waals surface area contributed by atoms with E-state index in [0.717, 1.165) is 12.0 Å². The number of nitrogens with one attached hydrogen (secondary N) is 1. The summed E-state index contributed by atoms with van der Waals surface area (Å²) in [6, 6.07) is 7.86. The van der Waals surface area contributed by atoms with E-state index in [1.165, 1.54) is 0 Å². The van der Waals surface area contributed by atoms with Gasteiger partial charge in [-0.2, -0.15) is 0 Å². The molecule has 4 unspecified atom stereocenters. The Labute approximate surface area is 183 Å². The van der Waals surface area contributed by atoms with Gasteiger partial charge in [0.2, 0.25) is 5.91 Å². The predicted molar refractivity (Wildman–Crippen MR) is 115 cm³/mol. The first kappa shape index (κ1) is 23.1. The molecule has 1 aromatic rings. The van der Waals surface area contributed by atoms with Crippen LogP contribution in [0.15, 0.2) is 30.3 Å². The third kappa shape index (κ3) is 4.84. The smallest absolute Gasteiger partial charge is 0.321 e. The van der Waals surface area contributed by atoms with Gasteiger partial charge in [-0.1, -0.05) is 44.2 Å². The van der Waals surface area contributed by atoms with E-state index in [2.05, 4.69) is 5.32 Å². The fourth-order valence-corrected chi connectivity index (χ4v) is 4.56. The Bertz CT molecular complexity index is 766. The van der Waals surface area contributed by atoms with Crippen molar-refractivity contribution in [1.29, 1.82) is 0 Å². The molecule has 2 aliphatic rings. The van der Waals surface area contributed by atoms with E-state index in [0.29, 0.717) is 32.8 Å². The molecule has 3 rings (SSSR count). The number of ether oxygens (including phenoxy) is 2. The minimum absolute atomic E-state index is 0.233. The predicted octanol–water partition coefficient (Wildman–Crippen LogP) is 2.21. The molecule has 2 aliphatic heterocycles. The minimum atomic E-state index is -0.762.